The molecule has 0 aromatic heterocycles. The monoisotopic (exact) mass is 271 g/mol. The second kappa shape index (κ2) is 4.42. The maximum Gasteiger partial charge on any atom is 0.240 e. The molecule has 1 aromatic carbocycles. The number of nitrogens with two attached hydrogens (primary N) is 1. The molecule has 1 fully saturated rings. The van der Waals surface area contributed by atoms with Gasteiger partial charge in [-0.3, -0.25) is 0 Å². The summed E-state index contributed by atoms with van der Waals surface area (Å²) in [6.07, 6.45) is 1.78. The fourth-order valence-corrected chi connectivity index (χ4v) is 2.46. The lowest BCUT2D eigenvalue weighted by Crippen LogP contribution is -2.26. The Morgan fingerprint density at radius 1 is 1.44 bits per heavy atom. The van der Waals surface area contributed by atoms with Gasteiger partial charge in [-0.25, -0.2) is 13.1 Å². The van der Waals surface area contributed by atoms with Crippen LogP contribution in [-0.4, -0.2) is 32.7 Å². The molecule has 1 aliphatic rings. The first-order chi connectivity index (χ1) is 8.42. The Balaban J connectivity index is 2.26. The lowest BCUT2D eigenvalue weighted by molar-refractivity contribution is 0.266. The van der Waals surface area contributed by atoms with E-state index in [1.807, 2.05) is 0 Å². The Labute approximate surface area is 106 Å². The second-order valence-corrected chi connectivity index (χ2v) is 6.41. The number of hydrogen-bond acceptors (Lipinski definition) is 5. The predicted molar refractivity (Wildman–Crippen MR) is 69.8 cm³/mol. The van der Waals surface area contributed by atoms with Gasteiger partial charge in [-0.2, -0.15) is 0 Å². The van der Waals surface area contributed by atoms with E-state index in [9.17, 15) is 13.5 Å². The third kappa shape index (κ3) is 2.43. The van der Waals surface area contributed by atoms with Gasteiger partial charge in [0.15, 0.2) is 0 Å². The van der Waals surface area contributed by atoms with Crippen LogP contribution in [0.4, 0.5) is 11.4 Å². The van der Waals surface area contributed by atoms with Gasteiger partial charge in [0.1, 0.15) is 0 Å². The van der Waals surface area contributed by atoms with Crippen LogP contribution in [0, 0.1) is 0 Å². The molecule has 7 heteroatoms. The van der Waals surface area contributed by atoms with Crippen LogP contribution < -0.4 is 15.8 Å². The van der Waals surface area contributed by atoms with E-state index in [1.54, 1.807) is 6.07 Å². The van der Waals surface area contributed by atoms with Gasteiger partial charge in [0, 0.05) is 0 Å². The Hall–Kier alpha value is -1.31. The summed E-state index contributed by atoms with van der Waals surface area (Å²) in [4.78, 5) is 0.127. The molecule has 0 heterocycles. The molecule has 5 N–H and O–H groups in total. The van der Waals surface area contributed by atoms with Crippen molar-refractivity contribution in [2.75, 3.05) is 24.7 Å². The Morgan fingerprint density at radius 2 is 2.11 bits per heavy atom. The van der Waals surface area contributed by atoms with Crippen molar-refractivity contribution in [1.82, 2.24) is 4.72 Å². The average molecular weight is 271 g/mol. The molecular formula is C11H17N3O3S. The number of hydrogen-bond donors (Lipinski definition) is 4. The maximum absolute atomic E-state index is 11.6. The van der Waals surface area contributed by atoms with Gasteiger partial charge in [0.2, 0.25) is 10.0 Å². The normalized spacial score (nSPS) is 17.4. The third-order valence-corrected chi connectivity index (χ3v) is 4.57. The summed E-state index contributed by atoms with van der Waals surface area (Å²) in [5, 5.41) is 12.4. The average Bonchev–Trinajstić information content (AvgIpc) is 3.12. The van der Waals surface area contributed by atoms with Gasteiger partial charge in [-0.1, -0.05) is 0 Å². The van der Waals surface area contributed by atoms with Gasteiger partial charge in [0.05, 0.1) is 28.4 Å². The summed E-state index contributed by atoms with van der Waals surface area (Å²) < 4.78 is 25.4. The number of nitrogens with one attached hydrogen (secondary N) is 2. The van der Waals surface area contributed by atoms with Crippen LogP contribution in [0.3, 0.4) is 0 Å². The molecular weight excluding hydrogens is 254 g/mol. The molecule has 0 radical (unpaired) electrons. The number of sulfonamides is 1. The molecule has 1 aliphatic carbocycles. The number of benzene rings is 1. The molecule has 100 valence electrons. The van der Waals surface area contributed by atoms with E-state index in [0.717, 1.165) is 12.8 Å². The zero-order chi connectivity index (χ0) is 13.4. The molecule has 0 spiro atoms. The summed E-state index contributed by atoms with van der Waals surface area (Å²) in [6.45, 7) is 0.0446. The largest absolute Gasteiger partial charge is 0.397 e. The minimum absolute atomic E-state index is 0.0446. The number of aliphatic hydroxyl groups excluding tert-OH is 1. The van der Waals surface area contributed by atoms with Crippen molar-refractivity contribution < 1.29 is 13.5 Å². The third-order valence-electron chi connectivity index (χ3n) is 3.16. The van der Waals surface area contributed by atoms with E-state index < -0.39 is 10.0 Å². The van der Waals surface area contributed by atoms with Gasteiger partial charge in [-0.05, 0) is 38.1 Å². The quantitative estimate of drug-likeness (QED) is 0.569. The molecule has 0 aliphatic heterocycles. The number of rotatable bonds is 5. The van der Waals surface area contributed by atoms with E-state index in [0.29, 0.717) is 11.4 Å². The highest BCUT2D eigenvalue weighted by molar-refractivity contribution is 7.89. The second-order valence-electron chi connectivity index (χ2n) is 4.52. The molecule has 0 saturated heterocycles. The summed E-state index contributed by atoms with van der Waals surface area (Å²) in [5.74, 6) is 0. The SMILES string of the molecule is CNS(=O)(=O)c1ccc(NC2(CO)CC2)c(N)c1. The van der Waals surface area contributed by atoms with Gasteiger partial charge < -0.3 is 16.2 Å². The van der Waals surface area contributed by atoms with Crippen molar-refractivity contribution in [3.63, 3.8) is 0 Å². The molecule has 0 bridgehead atoms. The molecule has 1 saturated carbocycles. The first-order valence-corrected chi connectivity index (χ1v) is 7.13. The molecule has 0 unspecified atom stereocenters. The predicted octanol–water partition coefficient (Wildman–Crippen LogP) is 0.114. The van der Waals surface area contributed by atoms with Crippen LogP contribution in [0.2, 0.25) is 0 Å². The fourth-order valence-electron chi connectivity index (χ4n) is 1.70. The van der Waals surface area contributed by atoms with Crippen molar-refractivity contribution in [2.24, 2.45) is 0 Å². The Bertz CT molecular complexity index is 553. The molecule has 1 aromatic rings. The fraction of sp³-hybridized carbons (Fsp3) is 0.455. The standard InChI is InChI=1S/C11H17N3O3S/c1-13-18(16,17)8-2-3-10(9(12)6-8)14-11(7-15)4-5-11/h2-3,6,13-15H,4-5,7,12H2,1H3. The molecule has 0 atom stereocenters. The van der Waals surface area contributed by atoms with E-state index in [-0.39, 0.29) is 17.0 Å². The number of aliphatic hydroxyl groups is 1. The zero-order valence-corrected chi connectivity index (χ0v) is 10.9. The lowest BCUT2D eigenvalue weighted by Gasteiger charge is -2.18. The maximum atomic E-state index is 11.6. The summed E-state index contributed by atoms with van der Waals surface area (Å²) in [5.41, 5.74) is 6.55. The van der Waals surface area contributed by atoms with Crippen LogP contribution in [-0.2, 0) is 10.0 Å². The van der Waals surface area contributed by atoms with Crippen molar-refractivity contribution in [1.29, 1.82) is 0 Å². The van der Waals surface area contributed by atoms with E-state index in [2.05, 4.69) is 10.0 Å². The minimum atomic E-state index is -3.48. The lowest BCUT2D eigenvalue weighted by atomic mass is 10.2. The van der Waals surface area contributed by atoms with Crippen molar-refractivity contribution in [2.45, 2.75) is 23.3 Å². The van der Waals surface area contributed by atoms with Crippen molar-refractivity contribution >= 4 is 21.4 Å². The summed E-state index contributed by atoms with van der Waals surface area (Å²) in [7, 11) is -2.13. The molecule has 0 amide bonds. The van der Waals surface area contributed by atoms with Crippen molar-refractivity contribution in [3.8, 4) is 0 Å². The molecule has 18 heavy (non-hydrogen) atoms. The molecule has 2 rings (SSSR count). The highest BCUT2D eigenvalue weighted by Gasteiger charge is 2.42. The number of anilines is 2. The first-order valence-electron chi connectivity index (χ1n) is 5.65. The van der Waals surface area contributed by atoms with E-state index in [1.165, 1.54) is 19.2 Å². The highest BCUT2D eigenvalue weighted by atomic mass is 32.2. The van der Waals surface area contributed by atoms with E-state index in [4.69, 9.17) is 5.73 Å². The smallest absolute Gasteiger partial charge is 0.240 e. The highest BCUT2D eigenvalue weighted by Crippen LogP contribution is 2.39. The number of nitrogen functional groups attached to an aromatic ring is 1. The van der Waals surface area contributed by atoms with Gasteiger partial charge >= 0.3 is 0 Å². The minimum Gasteiger partial charge on any atom is -0.397 e. The summed E-state index contributed by atoms with van der Waals surface area (Å²) >= 11 is 0. The molecule has 6 nitrogen and oxygen atoms in total. The summed E-state index contributed by atoms with van der Waals surface area (Å²) in [6, 6.07) is 4.51. The van der Waals surface area contributed by atoms with Crippen LogP contribution in [0.5, 0.6) is 0 Å². The van der Waals surface area contributed by atoms with E-state index >= 15 is 0 Å². The first kappa shape index (κ1) is 13.1. The van der Waals surface area contributed by atoms with Gasteiger partial charge in [-0.15, -0.1) is 0 Å². The Morgan fingerprint density at radius 3 is 2.56 bits per heavy atom. The van der Waals surface area contributed by atoms with Crippen LogP contribution in [0.1, 0.15) is 12.8 Å². The van der Waals surface area contributed by atoms with Crippen molar-refractivity contribution in [3.05, 3.63) is 18.2 Å². The van der Waals surface area contributed by atoms with Gasteiger partial charge in [0.25, 0.3) is 0 Å². The zero-order valence-electron chi connectivity index (χ0n) is 10.1. The topological polar surface area (TPSA) is 104 Å². The van der Waals surface area contributed by atoms with Crippen LogP contribution >= 0.6 is 0 Å². The van der Waals surface area contributed by atoms with Crippen LogP contribution in [0.25, 0.3) is 0 Å². The van der Waals surface area contributed by atoms with Crippen LogP contribution in [0.15, 0.2) is 23.1 Å². The Kier molecular flexibility index (Phi) is 3.22.